The third kappa shape index (κ3) is 5.09. The number of ether oxygens (including phenoxy) is 1. The van der Waals surface area contributed by atoms with Crippen molar-refractivity contribution < 1.29 is 13.2 Å². The van der Waals surface area contributed by atoms with Crippen LogP contribution in [-0.2, 0) is 14.8 Å². The maximum absolute atomic E-state index is 12.2. The largest absolute Gasteiger partial charge is 0.378 e. The summed E-state index contributed by atoms with van der Waals surface area (Å²) in [5.74, 6) is 0. The molecular formula is C16H25NO3S. The minimum Gasteiger partial charge on any atom is -0.378 e. The van der Waals surface area contributed by atoms with Crippen LogP contribution in [0.15, 0.2) is 29.2 Å². The van der Waals surface area contributed by atoms with E-state index in [4.69, 9.17) is 4.74 Å². The molecule has 4 nitrogen and oxygen atoms in total. The van der Waals surface area contributed by atoms with Crippen molar-refractivity contribution in [2.45, 2.75) is 56.4 Å². The van der Waals surface area contributed by atoms with Crippen LogP contribution in [0.25, 0.3) is 0 Å². The second-order valence-electron chi connectivity index (χ2n) is 5.65. The SMILES string of the molecule is Cc1ccccc1S(=O)(=O)NCCCOC1CCCCC1. The van der Waals surface area contributed by atoms with Crippen LogP contribution in [-0.4, -0.2) is 27.7 Å². The zero-order chi connectivity index (χ0) is 15.1. The van der Waals surface area contributed by atoms with Crippen LogP contribution in [0.2, 0.25) is 0 Å². The summed E-state index contributed by atoms with van der Waals surface area (Å²) in [7, 11) is -3.40. The molecule has 0 atom stereocenters. The average Bonchev–Trinajstić information content (AvgIpc) is 2.48. The van der Waals surface area contributed by atoms with E-state index >= 15 is 0 Å². The lowest BCUT2D eigenvalue weighted by Gasteiger charge is -2.21. The van der Waals surface area contributed by atoms with E-state index in [1.807, 2.05) is 6.07 Å². The second-order valence-corrected chi connectivity index (χ2v) is 7.38. The van der Waals surface area contributed by atoms with Crippen molar-refractivity contribution in [1.82, 2.24) is 4.72 Å². The first-order valence-electron chi connectivity index (χ1n) is 7.76. The monoisotopic (exact) mass is 311 g/mol. The Kier molecular flexibility index (Phi) is 6.21. The molecule has 0 unspecified atom stereocenters. The number of benzene rings is 1. The summed E-state index contributed by atoms with van der Waals surface area (Å²) in [6.45, 7) is 2.85. The Hall–Kier alpha value is -0.910. The fourth-order valence-electron chi connectivity index (χ4n) is 2.70. The first-order chi connectivity index (χ1) is 10.1. The van der Waals surface area contributed by atoms with Crippen molar-refractivity contribution in [2.24, 2.45) is 0 Å². The molecule has 0 radical (unpaired) electrons. The van der Waals surface area contributed by atoms with E-state index in [2.05, 4.69) is 4.72 Å². The highest BCUT2D eigenvalue weighted by atomic mass is 32.2. The van der Waals surface area contributed by atoms with Crippen molar-refractivity contribution in [3.05, 3.63) is 29.8 Å². The van der Waals surface area contributed by atoms with Crippen LogP contribution in [0.4, 0.5) is 0 Å². The van der Waals surface area contributed by atoms with Gasteiger partial charge < -0.3 is 4.74 Å². The van der Waals surface area contributed by atoms with E-state index in [0.29, 0.717) is 30.6 Å². The molecule has 1 aliphatic carbocycles. The lowest BCUT2D eigenvalue weighted by molar-refractivity contribution is 0.0278. The fourth-order valence-corrected chi connectivity index (χ4v) is 4.01. The van der Waals surface area contributed by atoms with E-state index in [0.717, 1.165) is 18.4 Å². The van der Waals surface area contributed by atoms with Gasteiger partial charge in [0, 0.05) is 13.2 Å². The molecule has 0 heterocycles. The quantitative estimate of drug-likeness (QED) is 0.788. The van der Waals surface area contributed by atoms with Crippen molar-refractivity contribution in [3.8, 4) is 0 Å². The van der Waals surface area contributed by atoms with E-state index in [1.165, 1.54) is 19.3 Å². The zero-order valence-electron chi connectivity index (χ0n) is 12.7. The zero-order valence-corrected chi connectivity index (χ0v) is 13.5. The summed E-state index contributed by atoms with van der Waals surface area (Å²) in [5, 5.41) is 0. The van der Waals surface area contributed by atoms with Crippen LogP contribution in [0.3, 0.4) is 0 Å². The van der Waals surface area contributed by atoms with Crippen molar-refractivity contribution >= 4 is 10.0 Å². The fraction of sp³-hybridized carbons (Fsp3) is 0.625. The van der Waals surface area contributed by atoms with Gasteiger partial charge in [0.15, 0.2) is 0 Å². The van der Waals surface area contributed by atoms with Crippen LogP contribution in [0.5, 0.6) is 0 Å². The highest BCUT2D eigenvalue weighted by molar-refractivity contribution is 7.89. The number of hydrogen-bond donors (Lipinski definition) is 1. The highest BCUT2D eigenvalue weighted by Gasteiger charge is 2.16. The Morgan fingerprint density at radius 1 is 1.19 bits per heavy atom. The maximum Gasteiger partial charge on any atom is 0.240 e. The Bertz CT molecular complexity index is 536. The lowest BCUT2D eigenvalue weighted by Crippen LogP contribution is -2.27. The van der Waals surface area contributed by atoms with Crippen molar-refractivity contribution in [1.29, 1.82) is 0 Å². The molecular weight excluding hydrogens is 286 g/mol. The topological polar surface area (TPSA) is 55.4 Å². The van der Waals surface area contributed by atoms with Crippen LogP contribution < -0.4 is 4.72 Å². The average molecular weight is 311 g/mol. The van der Waals surface area contributed by atoms with Gasteiger partial charge >= 0.3 is 0 Å². The van der Waals surface area contributed by atoms with Gasteiger partial charge in [-0.2, -0.15) is 0 Å². The van der Waals surface area contributed by atoms with Gasteiger partial charge in [0.25, 0.3) is 0 Å². The van der Waals surface area contributed by atoms with Gasteiger partial charge in [0.1, 0.15) is 0 Å². The van der Waals surface area contributed by atoms with Gasteiger partial charge in [-0.3, -0.25) is 0 Å². The van der Waals surface area contributed by atoms with Crippen LogP contribution in [0.1, 0.15) is 44.1 Å². The summed E-state index contributed by atoms with van der Waals surface area (Å²) in [6.07, 6.45) is 7.21. The molecule has 0 bridgehead atoms. The molecule has 1 fully saturated rings. The molecule has 1 saturated carbocycles. The van der Waals surface area contributed by atoms with Gasteiger partial charge in [-0.25, -0.2) is 13.1 Å². The number of hydrogen-bond acceptors (Lipinski definition) is 3. The first kappa shape index (κ1) is 16.5. The molecule has 2 rings (SSSR count). The first-order valence-corrected chi connectivity index (χ1v) is 9.25. The van der Waals surface area contributed by atoms with Crippen LogP contribution in [0, 0.1) is 6.92 Å². The predicted molar refractivity (Wildman–Crippen MR) is 83.8 cm³/mol. The predicted octanol–water partition coefficient (Wildman–Crippen LogP) is 3.01. The van der Waals surface area contributed by atoms with Crippen molar-refractivity contribution in [2.75, 3.05) is 13.2 Å². The number of rotatable bonds is 7. The summed E-state index contributed by atoms with van der Waals surface area (Å²) >= 11 is 0. The van der Waals surface area contributed by atoms with E-state index in [1.54, 1.807) is 25.1 Å². The molecule has 21 heavy (non-hydrogen) atoms. The van der Waals surface area contributed by atoms with Gasteiger partial charge in [-0.15, -0.1) is 0 Å². The van der Waals surface area contributed by atoms with Gasteiger partial charge in [0.2, 0.25) is 10.0 Å². The van der Waals surface area contributed by atoms with E-state index in [9.17, 15) is 8.42 Å². The second kappa shape index (κ2) is 7.92. The summed E-state index contributed by atoms with van der Waals surface area (Å²) in [6, 6.07) is 7.02. The molecule has 0 spiro atoms. The summed E-state index contributed by atoms with van der Waals surface area (Å²) in [5.41, 5.74) is 0.767. The molecule has 1 N–H and O–H groups in total. The minimum absolute atomic E-state index is 0.359. The minimum atomic E-state index is -3.40. The molecule has 1 aliphatic rings. The molecule has 0 saturated heterocycles. The molecule has 0 amide bonds. The molecule has 1 aromatic carbocycles. The summed E-state index contributed by atoms with van der Waals surface area (Å²) in [4.78, 5) is 0.359. The summed E-state index contributed by atoms with van der Waals surface area (Å²) < 4.78 is 32.8. The van der Waals surface area contributed by atoms with Gasteiger partial charge in [-0.1, -0.05) is 37.5 Å². The molecule has 118 valence electrons. The smallest absolute Gasteiger partial charge is 0.240 e. The Morgan fingerprint density at radius 2 is 1.90 bits per heavy atom. The Balaban J connectivity index is 1.71. The van der Waals surface area contributed by atoms with E-state index < -0.39 is 10.0 Å². The Labute approximate surface area is 127 Å². The van der Waals surface area contributed by atoms with Gasteiger partial charge in [-0.05, 0) is 37.8 Å². The van der Waals surface area contributed by atoms with Crippen LogP contribution >= 0.6 is 0 Å². The number of aryl methyl sites for hydroxylation is 1. The molecule has 1 aromatic rings. The number of nitrogens with one attached hydrogen (secondary N) is 1. The highest BCUT2D eigenvalue weighted by Crippen LogP contribution is 2.20. The van der Waals surface area contributed by atoms with Crippen molar-refractivity contribution in [3.63, 3.8) is 0 Å². The standard InChI is InChI=1S/C16H25NO3S/c1-14-8-5-6-11-16(14)21(18,19)17-12-7-13-20-15-9-3-2-4-10-15/h5-6,8,11,15,17H,2-4,7,9-10,12-13H2,1H3. The normalized spacial score (nSPS) is 17.0. The third-order valence-electron chi connectivity index (χ3n) is 3.90. The molecule has 0 aliphatic heterocycles. The molecule has 0 aromatic heterocycles. The lowest BCUT2D eigenvalue weighted by atomic mass is 9.98. The Morgan fingerprint density at radius 3 is 2.62 bits per heavy atom. The van der Waals surface area contributed by atoms with Gasteiger partial charge in [0.05, 0.1) is 11.0 Å². The molecule has 5 heteroatoms. The number of sulfonamides is 1. The third-order valence-corrected chi connectivity index (χ3v) is 5.52. The van der Waals surface area contributed by atoms with E-state index in [-0.39, 0.29) is 0 Å². The maximum atomic E-state index is 12.2.